The second kappa shape index (κ2) is 10.2. The SMILES string of the molecule is CC(=N)/C(C(C)=O)=C(/O)COC(=O)c1ccc(Cl)c(S(=O)(=O)N2CCCCCC2)c1. The van der Waals surface area contributed by atoms with E-state index in [2.05, 4.69) is 0 Å². The molecule has 1 aliphatic heterocycles. The summed E-state index contributed by atoms with van der Waals surface area (Å²) in [6, 6.07) is 3.78. The van der Waals surface area contributed by atoms with E-state index in [-0.39, 0.29) is 26.8 Å². The predicted octanol–water partition coefficient (Wildman–Crippen LogP) is 3.50. The molecule has 164 valence electrons. The molecule has 0 radical (unpaired) electrons. The Bertz CT molecular complexity index is 963. The summed E-state index contributed by atoms with van der Waals surface area (Å²) in [7, 11) is -3.88. The lowest BCUT2D eigenvalue weighted by Gasteiger charge is -2.21. The summed E-state index contributed by atoms with van der Waals surface area (Å²) in [5.41, 5.74) is -0.451. The number of aliphatic hydroxyl groups excluding tert-OH is 1. The average Bonchev–Trinajstić information content (AvgIpc) is 2.95. The highest BCUT2D eigenvalue weighted by atomic mass is 35.5. The van der Waals surface area contributed by atoms with Crippen LogP contribution in [0.15, 0.2) is 34.4 Å². The molecule has 0 bridgehead atoms. The van der Waals surface area contributed by atoms with E-state index in [1.54, 1.807) is 0 Å². The first-order valence-electron chi connectivity index (χ1n) is 9.51. The van der Waals surface area contributed by atoms with Crippen molar-refractivity contribution in [2.24, 2.45) is 0 Å². The van der Waals surface area contributed by atoms with E-state index in [9.17, 15) is 23.1 Å². The van der Waals surface area contributed by atoms with Crippen molar-refractivity contribution >= 4 is 39.1 Å². The summed E-state index contributed by atoms with van der Waals surface area (Å²) in [6.07, 6.45) is 3.44. The van der Waals surface area contributed by atoms with Crippen molar-refractivity contribution in [3.63, 3.8) is 0 Å². The Morgan fingerprint density at radius 3 is 2.30 bits per heavy atom. The summed E-state index contributed by atoms with van der Waals surface area (Å²) in [5.74, 6) is -1.97. The highest BCUT2D eigenvalue weighted by Gasteiger charge is 2.28. The number of ketones is 1. The number of aliphatic hydroxyl groups is 1. The van der Waals surface area contributed by atoms with Crippen LogP contribution in [0.1, 0.15) is 49.9 Å². The lowest BCUT2D eigenvalue weighted by atomic mass is 10.1. The molecule has 2 rings (SSSR count). The minimum absolute atomic E-state index is 0.00293. The predicted molar refractivity (Wildman–Crippen MR) is 113 cm³/mol. The van der Waals surface area contributed by atoms with Gasteiger partial charge in [-0.1, -0.05) is 24.4 Å². The number of halogens is 1. The molecule has 0 aliphatic carbocycles. The van der Waals surface area contributed by atoms with Gasteiger partial charge in [0.25, 0.3) is 0 Å². The normalized spacial score (nSPS) is 16.4. The van der Waals surface area contributed by atoms with Gasteiger partial charge in [0.2, 0.25) is 10.0 Å². The molecule has 0 spiro atoms. The quantitative estimate of drug-likeness (QED) is 0.280. The van der Waals surface area contributed by atoms with Gasteiger partial charge in [0.15, 0.2) is 5.78 Å². The Morgan fingerprint density at radius 2 is 1.77 bits per heavy atom. The van der Waals surface area contributed by atoms with E-state index in [0.717, 1.165) is 31.7 Å². The number of ether oxygens (including phenoxy) is 1. The number of hydrogen-bond donors (Lipinski definition) is 2. The molecule has 0 atom stereocenters. The molecule has 1 aromatic rings. The summed E-state index contributed by atoms with van der Waals surface area (Å²) in [6.45, 7) is 2.67. The first-order valence-corrected chi connectivity index (χ1v) is 11.3. The lowest BCUT2D eigenvalue weighted by Crippen LogP contribution is -2.32. The van der Waals surface area contributed by atoms with Gasteiger partial charge in [-0.25, -0.2) is 13.2 Å². The maximum absolute atomic E-state index is 13.0. The van der Waals surface area contributed by atoms with Gasteiger partial charge in [0.05, 0.1) is 16.2 Å². The molecule has 0 unspecified atom stereocenters. The van der Waals surface area contributed by atoms with Crippen LogP contribution in [-0.4, -0.2) is 55.0 Å². The minimum Gasteiger partial charge on any atom is -0.508 e. The summed E-state index contributed by atoms with van der Waals surface area (Å²) < 4.78 is 32.4. The van der Waals surface area contributed by atoms with Gasteiger partial charge in [0.1, 0.15) is 17.3 Å². The maximum Gasteiger partial charge on any atom is 0.338 e. The number of rotatable bonds is 7. The number of allylic oxidation sites excluding steroid dienone is 1. The number of nitrogens with one attached hydrogen (secondary N) is 1. The first kappa shape index (κ1) is 24.0. The number of carbonyl (C=O) groups excluding carboxylic acids is 2. The Kier molecular flexibility index (Phi) is 8.17. The van der Waals surface area contributed by atoms with Crippen molar-refractivity contribution in [3.05, 3.63) is 40.1 Å². The van der Waals surface area contributed by atoms with Crippen LogP contribution in [0.25, 0.3) is 0 Å². The van der Waals surface area contributed by atoms with Gasteiger partial charge >= 0.3 is 5.97 Å². The first-order chi connectivity index (χ1) is 14.1. The monoisotopic (exact) mass is 456 g/mol. The van der Waals surface area contributed by atoms with Crippen molar-refractivity contribution in [1.29, 1.82) is 5.41 Å². The number of hydrogen-bond acceptors (Lipinski definition) is 7. The fourth-order valence-corrected chi connectivity index (χ4v) is 5.24. The highest BCUT2D eigenvalue weighted by molar-refractivity contribution is 7.89. The number of benzene rings is 1. The fourth-order valence-electron chi connectivity index (χ4n) is 3.22. The van der Waals surface area contributed by atoms with E-state index in [4.69, 9.17) is 21.7 Å². The molecule has 1 heterocycles. The zero-order valence-electron chi connectivity index (χ0n) is 16.9. The summed E-state index contributed by atoms with van der Waals surface area (Å²) in [4.78, 5) is 23.7. The van der Waals surface area contributed by atoms with E-state index in [0.29, 0.717) is 13.1 Å². The summed E-state index contributed by atoms with van der Waals surface area (Å²) in [5, 5.41) is 17.5. The molecule has 2 N–H and O–H groups in total. The Hall–Kier alpha value is -2.23. The van der Waals surface area contributed by atoms with Crippen LogP contribution in [0.3, 0.4) is 0 Å². The van der Waals surface area contributed by atoms with Crippen molar-refractivity contribution < 1.29 is 27.9 Å². The van der Waals surface area contributed by atoms with Crippen LogP contribution in [0.2, 0.25) is 5.02 Å². The molecule has 1 saturated heterocycles. The molecule has 0 saturated carbocycles. The van der Waals surface area contributed by atoms with Gasteiger partial charge in [-0.2, -0.15) is 4.31 Å². The Labute approximate surface area is 181 Å². The number of carbonyl (C=O) groups is 2. The Balaban J connectivity index is 2.25. The maximum atomic E-state index is 13.0. The molecular formula is C20H25ClN2O6S. The molecule has 1 aromatic carbocycles. The van der Waals surface area contributed by atoms with Gasteiger partial charge < -0.3 is 15.3 Å². The van der Waals surface area contributed by atoms with Crippen molar-refractivity contribution in [2.75, 3.05) is 19.7 Å². The van der Waals surface area contributed by atoms with E-state index < -0.39 is 34.1 Å². The van der Waals surface area contributed by atoms with Crippen LogP contribution in [-0.2, 0) is 19.6 Å². The molecule has 1 fully saturated rings. The minimum atomic E-state index is -3.88. The number of Topliss-reactive ketones (excluding diaryl/α,β-unsaturated/α-hetero) is 1. The number of esters is 1. The molecule has 30 heavy (non-hydrogen) atoms. The van der Waals surface area contributed by atoms with Gasteiger partial charge in [0, 0.05) is 18.8 Å². The van der Waals surface area contributed by atoms with Crippen LogP contribution >= 0.6 is 11.6 Å². The highest BCUT2D eigenvalue weighted by Crippen LogP contribution is 2.28. The second-order valence-electron chi connectivity index (χ2n) is 7.04. The van der Waals surface area contributed by atoms with E-state index >= 15 is 0 Å². The molecular weight excluding hydrogens is 432 g/mol. The fraction of sp³-hybridized carbons (Fsp3) is 0.450. The van der Waals surface area contributed by atoms with Crippen LogP contribution < -0.4 is 0 Å². The third-order valence-electron chi connectivity index (χ3n) is 4.71. The van der Waals surface area contributed by atoms with Crippen molar-refractivity contribution in [2.45, 2.75) is 44.4 Å². The zero-order chi connectivity index (χ0) is 22.5. The Morgan fingerprint density at radius 1 is 1.17 bits per heavy atom. The van der Waals surface area contributed by atoms with E-state index in [1.165, 1.54) is 30.3 Å². The van der Waals surface area contributed by atoms with Crippen LogP contribution in [0, 0.1) is 5.41 Å². The largest absolute Gasteiger partial charge is 0.508 e. The second-order valence-corrected chi connectivity index (χ2v) is 9.36. The molecule has 8 nitrogen and oxygen atoms in total. The van der Waals surface area contributed by atoms with Gasteiger partial charge in [-0.15, -0.1) is 0 Å². The van der Waals surface area contributed by atoms with Crippen LogP contribution in [0.4, 0.5) is 0 Å². The molecule has 1 aliphatic rings. The smallest absolute Gasteiger partial charge is 0.338 e. The molecule has 0 amide bonds. The molecule has 10 heteroatoms. The van der Waals surface area contributed by atoms with Crippen LogP contribution in [0.5, 0.6) is 0 Å². The van der Waals surface area contributed by atoms with Crippen molar-refractivity contribution in [1.82, 2.24) is 4.31 Å². The third kappa shape index (κ3) is 5.68. The standard InChI is InChI=1S/C20H25ClN2O6S/c1-13(22)19(14(2)24)17(25)12-29-20(26)15-7-8-16(21)18(11-15)30(27,28)23-9-5-3-4-6-10-23/h7-8,11,22,25H,3-6,9-10,12H2,1-2H3/b19-17-,22-13?. The topological polar surface area (TPSA) is 125 Å². The zero-order valence-corrected chi connectivity index (χ0v) is 18.5. The molecule has 0 aromatic heterocycles. The van der Waals surface area contributed by atoms with Gasteiger partial charge in [-0.3, -0.25) is 4.79 Å². The van der Waals surface area contributed by atoms with Crippen molar-refractivity contribution in [3.8, 4) is 0 Å². The van der Waals surface area contributed by atoms with Gasteiger partial charge in [-0.05, 0) is 44.9 Å². The third-order valence-corrected chi connectivity index (χ3v) is 7.09. The van der Waals surface area contributed by atoms with E-state index in [1.807, 2.05) is 0 Å². The average molecular weight is 457 g/mol. The number of sulfonamides is 1. The number of nitrogens with zero attached hydrogens (tertiary/aromatic N) is 1. The lowest BCUT2D eigenvalue weighted by molar-refractivity contribution is -0.113. The summed E-state index contributed by atoms with van der Waals surface area (Å²) >= 11 is 6.12.